The van der Waals surface area contributed by atoms with E-state index in [1.165, 1.54) is 0 Å². The number of nitrogens with one attached hydrogen (secondary N) is 1. The molecule has 0 amide bonds. The van der Waals surface area contributed by atoms with Gasteiger partial charge in [0.2, 0.25) is 0 Å². The number of alkyl halides is 1. The molecular weight excluding hydrogens is 559 g/mol. The summed E-state index contributed by atoms with van der Waals surface area (Å²) in [5.74, 6) is 0.836. The molecule has 3 aromatic carbocycles. The summed E-state index contributed by atoms with van der Waals surface area (Å²) in [5, 5.41) is 7.01. The lowest BCUT2D eigenvalue weighted by atomic mass is 9.77. The van der Waals surface area contributed by atoms with E-state index in [-0.39, 0.29) is 6.54 Å². The van der Waals surface area contributed by atoms with Gasteiger partial charge in [0.05, 0.1) is 31.9 Å². The Labute approximate surface area is 256 Å². The van der Waals surface area contributed by atoms with E-state index in [9.17, 15) is 0 Å². The molecule has 0 aliphatic carbocycles. The Kier molecular flexibility index (Phi) is 8.07. The first-order valence-electron chi connectivity index (χ1n) is 14.7. The molecule has 2 unspecified atom stereocenters. The number of amidine groups is 1. The number of halogens is 1. The Bertz CT molecular complexity index is 1550. The van der Waals surface area contributed by atoms with Crippen LogP contribution in [0.2, 0.25) is 0 Å². The Hall–Kier alpha value is -4.73. The van der Waals surface area contributed by atoms with Gasteiger partial charge in [-0.3, -0.25) is 4.99 Å². The van der Waals surface area contributed by atoms with Crippen LogP contribution in [0.5, 0.6) is 5.75 Å². The van der Waals surface area contributed by atoms with Crippen LogP contribution in [0.15, 0.2) is 105 Å². The first kappa shape index (κ1) is 29.3. The van der Waals surface area contributed by atoms with E-state index in [0.717, 1.165) is 22.4 Å². The fourth-order valence-electron chi connectivity index (χ4n) is 6.50. The zero-order valence-corrected chi connectivity index (χ0v) is 24.9. The largest absolute Gasteiger partial charge is 0.497 e. The standard InChI is InChI=1S/C33H35FN8O2/c1-4-32(19-39-41-35)22(2)27(34)31(44-32)42-21-38-28-29(36-20-37-30(28)42)40-33(23-11-7-5-8-12-23,24-13-9-6-10-14-24)25-15-17-26(43-3)18-16-25/h5-18,20-22,27-28,30-31H,4,19H2,1-3H3,(H,36,37,40)/t22-,27+,28?,30?,31+,32-/m0/s1. The first-order valence-corrected chi connectivity index (χ1v) is 14.7. The van der Waals surface area contributed by atoms with Gasteiger partial charge in [-0.1, -0.05) is 91.8 Å². The van der Waals surface area contributed by atoms with E-state index in [4.69, 9.17) is 25.0 Å². The normalized spacial score (nSPS) is 28.4. The number of nitrogens with zero attached hydrogens (tertiary/aromatic N) is 7. The summed E-state index contributed by atoms with van der Waals surface area (Å²) in [6.45, 7) is 3.76. The summed E-state index contributed by atoms with van der Waals surface area (Å²) in [6, 6.07) is 27.6. The Morgan fingerprint density at radius 1 is 1.02 bits per heavy atom. The van der Waals surface area contributed by atoms with Crippen molar-refractivity contribution in [2.75, 3.05) is 13.7 Å². The van der Waals surface area contributed by atoms with Crippen molar-refractivity contribution >= 4 is 18.5 Å². The van der Waals surface area contributed by atoms with Crippen LogP contribution in [-0.2, 0) is 10.3 Å². The lowest BCUT2D eigenvalue weighted by molar-refractivity contribution is -0.103. The molecular formula is C33H35FN8O2. The zero-order valence-electron chi connectivity index (χ0n) is 24.9. The van der Waals surface area contributed by atoms with Crippen molar-refractivity contribution in [2.24, 2.45) is 26.0 Å². The molecule has 0 saturated carbocycles. The SMILES string of the molecule is CC[C@@]1(CN=[N+]=[N-])O[C@@H](N2C=NC3C(=NC(c4ccccc4)(c4ccccc4)c4ccc(OC)cc4)NC=NC32)[C@H](F)[C@@H]1C. The number of aliphatic imine (C=N–C) groups is 3. The van der Waals surface area contributed by atoms with Crippen molar-refractivity contribution in [3.8, 4) is 5.75 Å². The maximum absolute atomic E-state index is 15.9. The first-order chi connectivity index (χ1) is 21.5. The number of ether oxygens (including phenoxy) is 2. The molecule has 3 aliphatic heterocycles. The molecule has 11 heteroatoms. The predicted molar refractivity (Wildman–Crippen MR) is 169 cm³/mol. The predicted octanol–water partition coefficient (Wildman–Crippen LogP) is 5.85. The monoisotopic (exact) mass is 594 g/mol. The van der Waals surface area contributed by atoms with Crippen molar-refractivity contribution < 1.29 is 13.9 Å². The van der Waals surface area contributed by atoms with Gasteiger partial charge in [-0.05, 0) is 40.8 Å². The van der Waals surface area contributed by atoms with Crippen LogP contribution < -0.4 is 10.1 Å². The molecule has 3 aliphatic rings. The highest BCUT2D eigenvalue weighted by molar-refractivity contribution is 6.00. The van der Waals surface area contributed by atoms with Gasteiger partial charge in [0.15, 0.2) is 18.6 Å². The second-order valence-electron chi connectivity index (χ2n) is 11.2. The number of azide groups is 1. The topological polar surface area (TPSA) is 120 Å². The van der Waals surface area contributed by atoms with Crippen molar-refractivity contribution in [1.82, 2.24) is 10.2 Å². The van der Waals surface area contributed by atoms with Crippen LogP contribution in [-0.4, -0.2) is 67.3 Å². The van der Waals surface area contributed by atoms with Crippen LogP contribution in [0, 0.1) is 5.92 Å². The summed E-state index contributed by atoms with van der Waals surface area (Å²) < 4.78 is 27.8. The maximum atomic E-state index is 15.9. The van der Waals surface area contributed by atoms with Gasteiger partial charge in [-0.15, -0.1) is 0 Å². The Balaban J connectivity index is 1.43. The molecule has 6 atom stereocenters. The highest BCUT2D eigenvalue weighted by Crippen LogP contribution is 2.45. The van der Waals surface area contributed by atoms with Crippen molar-refractivity contribution in [3.05, 3.63) is 112 Å². The molecule has 1 fully saturated rings. The highest BCUT2D eigenvalue weighted by Gasteiger charge is 2.56. The number of hydrogen-bond acceptors (Lipinski definition) is 7. The van der Waals surface area contributed by atoms with Gasteiger partial charge in [0.1, 0.15) is 23.2 Å². The minimum atomic E-state index is -1.34. The minimum Gasteiger partial charge on any atom is -0.497 e. The van der Waals surface area contributed by atoms with Crippen molar-refractivity contribution in [2.45, 2.75) is 56.0 Å². The van der Waals surface area contributed by atoms with E-state index in [1.807, 2.05) is 67.6 Å². The second-order valence-corrected chi connectivity index (χ2v) is 11.2. The average Bonchev–Trinajstić information content (AvgIpc) is 3.62. The minimum absolute atomic E-state index is 0.0488. The van der Waals surface area contributed by atoms with Gasteiger partial charge in [-0.2, -0.15) is 0 Å². The van der Waals surface area contributed by atoms with Gasteiger partial charge in [0, 0.05) is 10.8 Å². The molecule has 0 spiro atoms. The number of methoxy groups -OCH3 is 1. The van der Waals surface area contributed by atoms with Crippen molar-refractivity contribution in [1.29, 1.82) is 0 Å². The summed E-state index contributed by atoms with van der Waals surface area (Å²) in [4.78, 5) is 19.6. The third kappa shape index (κ3) is 4.88. The number of fused-ring (bicyclic) bond motifs is 1. The van der Waals surface area contributed by atoms with E-state index >= 15 is 4.39 Å². The number of rotatable bonds is 9. The van der Waals surface area contributed by atoms with Gasteiger partial charge in [-0.25, -0.2) is 14.4 Å². The Morgan fingerprint density at radius 3 is 2.25 bits per heavy atom. The molecule has 6 rings (SSSR count). The highest BCUT2D eigenvalue weighted by atomic mass is 19.1. The molecule has 44 heavy (non-hydrogen) atoms. The average molecular weight is 595 g/mol. The van der Waals surface area contributed by atoms with Crippen LogP contribution in [0.3, 0.4) is 0 Å². The number of hydrogen-bond donors (Lipinski definition) is 1. The molecule has 1 N–H and O–H groups in total. The van der Waals surface area contributed by atoms with E-state index in [2.05, 4.69) is 44.6 Å². The molecule has 1 saturated heterocycles. The summed E-state index contributed by atoms with van der Waals surface area (Å²) in [7, 11) is 1.64. The van der Waals surface area contributed by atoms with Gasteiger partial charge in [0.25, 0.3) is 0 Å². The molecule has 3 aromatic rings. The lowest BCUT2D eigenvalue weighted by Gasteiger charge is -2.36. The summed E-state index contributed by atoms with van der Waals surface area (Å²) in [6.07, 6.45) is 0.848. The molecule has 0 radical (unpaired) electrons. The van der Waals surface area contributed by atoms with E-state index < -0.39 is 41.7 Å². The number of benzene rings is 3. The van der Waals surface area contributed by atoms with Crippen LogP contribution in [0.4, 0.5) is 4.39 Å². The molecule has 226 valence electrons. The molecule has 3 heterocycles. The fourth-order valence-corrected chi connectivity index (χ4v) is 6.50. The summed E-state index contributed by atoms with van der Waals surface area (Å²) in [5.41, 5.74) is 9.94. The Morgan fingerprint density at radius 2 is 1.66 bits per heavy atom. The van der Waals surface area contributed by atoms with E-state index in [0.29, 0.717) is 12.3 Å². The van der Waals surface area contributed by atoms with Gasteiger partial charge >= 0.3 is 0 Å². The fraction of sp³-hybridized carbons (Fsp3) is 0.364. The molecule has 0 aromatic heterocycles. The molecule has 10 nitrogen and oxygen atoms in total. The van der Waals surface area contributed by atoms with E-state index in [1.54, 1.807) is 31.6 Å². The summed E-state index contributed by atoms with van der Waals surface area (Å²) >= 11 is 0. The van der Waals surface area contributed by atoms with Crippen LogP contribution in [0.25, 0.3) is 10.4 Å². The zero-order chi connectivity index (χ0) is 30.7. The lowest BCUT2D eigenvalue weighted by Crippen LogP contribution is -2.53. The smallest absolute Gasteiger partial charge is 0.165 e. The molecule has 0 bridgehead atoms. The third-order valence-corrected chi connectivity index (χ3v) is 9.08. The quantitative estimate of drug-likeness (QED) is 0.145. The maximum Gasteiger partial charge on any atom is 0.165 e. The van der Waals surface area contributed by atoms with Crippen molar-refractivity contribution in [3.63, 3.8) is 0 Å². The van der Waals surface area contributed by atoms with Crippen LogP contribution in [0.1, 0.15) is 37.0 Å². The van der Waals surface area contributed by atoms with Gasteiger partial charge < -0.3 is 19.7 Å². The second kappa shape index (κ2) is 12.1. The third-order valence-electron chi connectivity index (χ3n) is 9.08. The van der Waals surface area contributed by atoms with Crippen LogP contribution >= 0.6 is 0 Å².